The van der Waals surface area contributed by atoms with Crippen LogP contribution in [0.15, 0.2) is 218 Å². The van der Waals surface area contributed by atoms with E-state index in [2.05, 4.69) is 179 Å². The molecule has 0 saturated carbocycles. The molecule has 0 spiro atoms. The van der Waals surface area contributed by atoms with Crippen molar-refractivity contribution in [1.29, 1.82) is 0 Å². The van der Waals surface area contributed by atoms with Gasteiger partial charge in [-0.05, 0) is 112 Å². The number of para-hydroxylation sites is 2. The van der Waals surface area contributed by atoms with E-state index in [0.717, 1.165) is 64.6 Å². The molecule has 298 valence electrons. The maximum absolute atomic E-state index is 8.75. The molecule has 0 aliphatic carbocycles. The van der Waals surface area contributed by atoms with Gasteiger partial charge in [0.2, 0.25) is 0 Å². The Balaban J connectivity index is 0.863. The van der Waals surface area contributed by atoms with Crippen LogP contribution in [0.1, 0.15) is 6.85 Å². The Bertz CT molecular complexity index is 4470. The third kappa shape index (κ3) is 5.30. The fraction of sp³-hybridized carbons (Fsp3) is 0. The van der Waals surface area contributed by atoms with Crippen molar-refractivity contribution in [3.8, 4) is 44.8 Å². The Labute approximate surface area is 383 Å². The second kappa shape index (κ2) is 13.9. The molecule has 10 aromatic carbocycles. The maximum atomic E-state index is 8.75. The van der Waals surface area contributed by atoms with Gasteiger partial charge in [0.05, 0.1) is 28.9 Å². The molecule has 0 aliphatic rings. The van der Waals surface area contributed by atoms with E-state index < -0.39 is 0 Å². The second-order valence-electron chi connectivity index (χ2n) is 16.5. The van der Waals surface area contributed by atoms with Gasteiger partial charge in [0.15, 0.2) is 0 Å². The molecule has 0 atom stereocenters. The third-order valence-electron chi connectivity index (χ3n) is 13.0. The molecule has 0 unspecified atom stereocenters. The van der Waals surface area contributed by atoms with E-state index in [-0.39, 0.29) is 35.8 Å². The number of hydrogen-bond donors (Lipinski definition) is 0. The van der Waals surface area contributed by atoms with Crippen LogP contribution in [0, 0.1) is 0 Å². The number of nitrogens with zero attached hydrogens (tertiary/aromatic N) is 2. The first-order valence-electron chi connectivity index (χ1n) is 23.9. The summed E-state index contributed by atoms with van der Waals surface area (Å²) in [7, 11) is 0. The summed E-state index contributed by atoms with van der Waals surface area (Å²) in [5, 5.41) is 9.25. The van der Waals surface area contributed by atoms with E-state index in [0.29, 0.717) is 5.56 Å². The standard InChI is InChI=1S/C60H36N2S2/c1-2-12-37(13-3-1)43-17-10-23-57-60(43)48-31-30-42(36-58(48)64-57)62-52-20-8-5-15-46(52)50-35-40(27-33-54(50)62)39-26-32-53-49(34-39)45-14-4-7-19-51(45)61(53)41-28-24-38(25-29-41)44-18-11-22-56-59(44)47-16-6-9-21-55(47)63-56/h1-36H/i1D,2D,3D,12D,13D. The molecule has 0 aliphatic heterocycles. The van der Waals surface area contributed by atoms with Crippen LogP contribution in [0.5, 0.6) is 0 Å². The summed E-state index contributed by atoms with van der Waals surface area (Å²) in [5.41, 5.74) is 12.3. The molecular formula is C60H36N2S2. The van der Waals surface area contributed by atoms with Crippen LogP contribution < -0.4 is 0 Å². The first-order chi connectivity index (χ1) is 33.8. The van der Waals surface area contributed by atoms with Gasteiger partial charge >= 0.3 is 0 Å². The van der Waals surface area contributed by atoms with Gasteiger partial charge in [-0.15, -0.1) is 22.7 Å². The number of hydrogen-bond acceptors (Lipinski definition) is 2. The smallest absolute Gasteiger partial charge is 0.0629 e. The Morgan fingerprint density at radius 3 is 1.45 bits per heavy atom. The van der Waals surface area contributed by atoms with Gasteiger partial charge in [0.1, 0.15) is 0 Å². The average molecular weight is 854 g/mol. The lowest BCUT2D eigenvalue weighted by atomic mass is 9.99. The van der Waals surface area contributed by atoms with Crippen LogP contribution in [0.25, 0.3) is 129 Å². The molecule has 4 aromatic heterocycles. The molecule has 0 saturated heterocycles. The Morgan fingerprint density at radius 2 is 0.797 bits per heavy atom. The molecule has 0 N–H and O–H groups in total. The van der Waals surface area contributed by atoms with Crippen LogP contribution in [0.3, 0.4) is 0 Å². The maximum Gasteiger partial charge on any atom is 0.0629 e. The largest absolute Gasteiger partial charge is 0.309 e. The Morgan fingerprint density at radius 1 is 0.312 bits per heavy atom. The van der Waals surface area contributed by atoms with Crippen molar-refractivity contribution in [2.75, 3.05) is 0 Å². The normalized spacial score (nSPS) is 13.2. The van der Waals surface area contributed by atoms with E-state index in [9.17, 15) is 0 Å². The lowest BCUT2D eigenvalue weighted by Crippen LogP contribution is -1.94. The molecule has 2 nitrogen and oxygen atoms in total. The van der Waals surface area contributed by atoms with Gasteiger partial charge in [-0.25, -0.2) is 0 Å². The molecular weight excluding hydrogens is 813 g/mol. The zero-order chi connectivity index (χ0) is 46.2. The van der Waals surface area contributed by atoms with Crippen molar-refractivity contribution in [2.45, 2.75) is 0 Å². The van der Waals surface area contributed by atoms with Crippen molar-refractivity contribution in [3.05, 3.63) is 218 Å². The molecule has 14 rings (SSSR count). The Kier molecular flexibility index (Phi) is 6.75. The van der Waals surface area contributed by atoms with Crippen LogP contribution in [-0.4, -0.2) is 9.13 Å². The molecule has 0 fully saturated rings. The summed E-state index contributed by atoms with van der Waals surface area (Å²) in [4.78, 5) is 0. The highest BCUT2D eigenvalue weighted by Gasteiger charge is 2.19. The summed E-state index contributed by atoms with van der Waals surface area (Å²) < 4.78 is 51.8. The topological polar surface area (TPSA) is 9.86 Å². The number of rotatable bonds is 5. The van der Waals surface area contributed by atoms with E-state index in [1.807, 2.05) is 29.5 Å². The highest BCUT2D eigenvalue weighted by atomic mass is 32.1. The quantitative estimate of drug-likeness (QED) is 0.163. The van der Waals surface area contributed by atoms with E-state index >= 15 is 0 Å². The summed E-state index contributed by atoms with van der Waals surface area (Å²) in [6.45, 7) is 0. The number of thiophene rings is 2. The average Bonchev–Trinajstić information content (AvgIpc) is 4.15. The minimum absolute atomic E-state index is 0.195. The summed E-state index contributed by atoms with van der Waals surface area (Å²) in [5.74, 6) is 0. The minimum Gasteiger partial charge on any atom is -0.309 e. The van der Waals surface area contributed by atoms with Crippen molar-refractivity contribution < 1.29 is 6.85 Å². The minimum atomic E-state index is -0.389. The first-order valence-corrected chi connectivity index (χ1v) is 23.0. The van der Waals surface area contributed by atoms with Crippen molar-refractivity contribution in [1.82, 2.24) is 9.13 Å². The summed E-state index contributed by atoms with van der Waals surface area (Å²) in [6.07, 6.45) is 0. The predicted molar refractivity (Wildman–Crippen MR) is 277 cm³/mol. The first kappa shape index (κ1) is 31.1. The highest BCUT2D eigenvalue weighted by Crippen LogP contribution is 2.44. The predicted octanol–water partition coefficient (Wildman–Crippen LogP) is 17.6. The van der Waals surface area contributed by atoms with Crippen LogP contribution in [0.4, 0.5) is 0 Å². The zero-order valence-electron chi connectivity index (χ0n) is 39.1. The molecule has 0 radical (unpaired) electrons. The molecule has 4 heteroatoms. The molecule has 64 heavy (non-hydrogen) atoms. The van der Waals surface area contributed by atoms with Crippen LogP contribution >= 0.6 is 22.7 Å². The molecule has 4 heterocycles. The number of benzene rings is 10. The SMILES string of the molecule is [2H]c1c([2H])c([2H])c(-c2cccc3sc4cc(-n5c6ccccc6c6cc(-c7ccc8c(c7)c7ccccc7n8-c7ccc(-c8cccc9sc%10ccccc%10c89)cc7)ccc65)ccc4c23)c([2H])c1[2H]. The summed E-state index contributed by atoms with van der Waals surface area (Å²) >= 11 is 3.50. The van der Waals surface area contributed by atoms with Gasteiger partial charge in [0.25, 0.3) is 0 Å². The second-order valence-corrected chi connectivity index (χ2v) is 18.6. The number of fused-ring (bicyclic) bond motifs is 12. The van der Waals surface area contributed by atoms with Gasteiger partial charge in [-0.1, -0.05) is 139 Å². The molecule has 14 aromatic rings. The Hall–Kier alpha value is -7.76. The van der Waals surface area contributed by atoms with Gasteiger partial charge in [-0.3, -0.25) is 0 Å². The van der Waals surface area contributed by atoms with Crippen LogP contribution in [-0.2, 0) is 0 Å². The van der Waals surface area contributed by atoms with Crippen molar-refractivity contribution in [3.63, 3.8) is 0 Å². The summed E-state index contributed by atoms with van der Waals surface area (Å²) in [6, 6.07) is 66.2. The third-order valence-corrected chi connectivity index (χ3v) is 15.3. The van der Waals surface area contributed by atoms with E-state index in [1.54, 1.807) is 11.3 Å². The van der Waals surface area contributed by atoms with Gasteiger partial charge in [0, 0.05) is 73.3 Å². The lowest BCUT2D eigenvalue weighted by Gasteiger charge is -2.11. The van der Waals surface area contributed by atoms with E-state index in [1.165, 1.54) is 53.0 Å². The van der Waals surface area contributed by atoms with E-state index in [4.69, 9.17) is 6.85 Å². The van der Waals surface area contributed by atoms with Gasteiger partial charge < -0.3 is 9.13 Å². The fourth-order valence-electron chi connectivity index (χ4n) is 10.2. The van der Waals surface area contributed by atoms with Crippen molar-refractivity contribution in [2.24, 2.45) is 0 Å². The highest BCUT2D eigenvalue weighted by molar-refractivity contribution is 7.26. The number of aromatic nitrogens is 2. The zero-order valence-corrected chi connectivity index (χ0v) is 35.7. The van der Waals surface area contributed by atoms with Crippen LogP contribution in [0.2, 0.25) is 0 Å². The molecule has 0 amide bonds. The van der Waals surface area contributed by atoms with Gasteiger partial charge in [-0.2, -0.15) is 0 Å². The van der Waals surface area contributed by atoms with Crippen molar-refractivity contribution >= 4 is 107 Å². The fourth-order valence-corrected chi connectivity index (χ4v) is 12.5. The monoisotopic (exact) mass is 853 g/mol. The molecule has 0 bridgehead atoms. The lowest BCUT2D eigenvalue weighted by molar-refractivity contribution is 1.18.